The molecule has 2 aromatic carbocycles. The summed E-state index contributed by atoms with van der Waals surface area (Å²) < 4.78 is 11.0. The number of rotatable bonds is 11. The Kier molecular flexibility index (Phi) is 8.76. The maximum Gasteiger partial charge on any atom is 0.343 e. The number of nitrogens with zero attached hydrogens (tertiary/aromatic N) is 1. The molecular formula is C31H34N2O6. The number of Topliss-reactive ketones (excluding diaryl/α,β-unsaturated/α-hetero) is 1. The van der Waals surface area contributed by atoms with Gasteiger partial charge in [0.25, 0.3) is 5.91 Å². The Morgan fingerprint density at radius 2 is 1.87 bits per heavy atom. The minimum Gasteiger partial charge on any atom is -0.481 e. The van der Waals surface area contributed by atoms with Crippen molar-refractivity contribution in [3.8, 4) is 22.8 Å². The van der Waals surface area contributed by atoms with Crippen molar-refractivity contribution >= 4 is 17.7 Å². The standard InChI is InChI=1S/C31H34N2O6/c1-18-14-22(26-16-28(38-4)33-17-27(26)30(36)32-12-13-34)10-11-25(18)31(37)39-24-7-5-6-23(15-24)29(21-8-9-21)19(2)20(3)35/h5-7,10-11,14-17,19,21,29,34H,8-9,12-13H2,1-4H3,(H,32,36)/t19-,29+/m1/s1. The number of pyridine rings is 1. The number of nitrogens with one attached hydrogen (secondary N) is 1. The lowest BCUT2D eigenvalue weighted by Gasteiger charge is -2.22. The lowest BCUT2D eigenvalue weighted by Crippen LogP contribution is -2.27. The van der Waals surface area contributed by atoms with Crippen LogP contribution in [0, 0.1) is 18.8 Å². The van der Waals surface area contributed by atoms with Gasteiger partial charge in [0, 0.05) is 30.3 Å². The summed E-state index contributed by atoms with van der Waals surface area (Å²) in [6.07, 6.45) is 3.63. The van der Waals surface area contributed by atoms with Crippen LogP contribution in [-0.2, 0) is 4.79 Å². The second-order valence-electron chi connectivity index (χ2n) is 10.0. The van der Waals surface area contributed by atoms with Crippen molar-refractivity contribution in [2.45, 2.75) is 39.5 Å². The molecule has 0 bridgehead atoms. The van der Waals surface area contributed by atoms with Crippen LogP contribution in [0.3, 0.4) is 0 Å². The van der Waals surface area contributed by atoms with E-state index in [2.05, 4.69) is 10.3 Å². The Labute approximate surface area is 228 Å². The van der Waals surface area contributed by atoms with Crippen LogP contribution in [0.2, 0.25) is 0 Å². The van der Waals surface area contributed by atoms with Crippen molar-refractivity contribution < 1.29 is 29.0 Å². The second kappa shape index (κ2) is 12.2. The molecule has 2 N–H and O–H groups in total. The van der Waals surface area contributed by atoms with E-state index in [-0.39, 0.29) is 36.7 Å². The van der Waals surface area contributed by atoms with Gasteiger partial charge < -0.3 is 19.9 Å². The van der Waals surface area contributed by atoms with Crippen LogP contribution in [-0.4, -0.2) is 48.0 Å². The third kappa shape index (κ3) is 6.52. The first-order valence-electron chi connectivity index (χ1n) is 13.1. The van der Waals surface area contributed by atoms with Crippen LogP contribution in [0.25, 0.3) is 11.1 Å². The lowest BCUT2D eigenvalue weighted by molar-refractivity contribution is -0.121. The number of benzene rings is 2. The lowest BCUT2D eigenvalue weighted by atomic mass is 9.81. The van der Waals surface area contributed by atoms with Gasteiger partial charge in [-0.15, -0.1) is 0 Å². The van der Waals surface area contributed by atoms with E-state index in [1.165, 1.54) is 13.3 Å². The quantitative estimate of drug-likeness (QED) is 0.272. The predicted molar refractivity (Wildman–Crippen MR) is 147 cm³/mol. The highest BCUT2D eigenvalue weighted by atomic mass is 16.5. The van der Waals surface area contributed by atoms with Crippen LogP contribution >= 0.6 is 0 Å². The first kappa shape index (κ1) is 28.0. The molecule has 1 heterocycles. The van der Waals surface area contributed by atoms with Gasteiger partial charge in [0.2, 0.25) is 5.88 Å². The molecule has 4 rings (SSSR count). The molecule has 1 aliphatic carbocycles. The van der Waals surface area contributed by atoms with E-state index in [1.54, 1.807) is 38.1 Å². The number of amides is 1. The van der Waals surface area contributed by atoms with Gasteiger partial charge >= 0.3 is 5.97 Å². The van der Waals surface area contributed by atoms with Gasteiger partial charge in [0.05, 0.1) is 24.8 Å². The summed E-state index contributed by atoms with van der Waals surface area (Å²) in [6.45, 7) is 5.33. The Bertz CT molecular complexity index is 1380. The minimum atomic E-state index is -0.494. The average Bonchev–Trinajstić information content (AvgIpc) is 3.76. The number of aliphatic hydroxyl groups is 1. The Morgan fingerprint density at radius 1 is 1.10 bits per heavy atom. The molecular weight excluding hydrogens is 496 g/mol. The number of aromatic nitrogens is 1. The third-order valence-electron chi connectivity index (χ3n) is 7.25. The van der Waals surface area contributed by atoms with Gasteiger partial charge in [-0.1, -0.05) is 31.2 Å². The number of carbonyl (C=O) groups excluding carboxylic acids is 3. The maximum atomic E-state index is 13.2. The molecule has 2 atom stereocenters. The van der Waals surface area contributed by atoms with Crippen molar-refractivity contribution in [3.05, 3.63) is 77.0 Å². The molecule has 204 valence electrons. The van der Waals surface area contributed by atoms with E-state index < -0.39 is 5.97 Å². The van der Waals surface area contributed by atoms with E-state index in [0.717, 1.165) is 18.4 Å². The molecule has 8 nitrogen and oxygen atoms in total. The number of hydrogen-bond donors (Lipinski definition) is 2. The summed E-state index contributed by atoms with van der Waals surface area (Å²) in [4.78, 5) is 42.1. The van der Waals surface area contributed by atoms with Crippen molar-refractivity contribution in [2.24, 2.45) is 11.8 Å². The Hall–Kier alpha value is -4.04. The third-order valence-corrected chi connectivity index (χ3v) is 7.25. The predicted octanol–water partition coefficient (Wildman–Crippen LogP) is 4.73. The number of aliphatic hydroxyl groups excluding tert-OH is 1. The zero-order chi connectivity index (χ0) is 28.1. The van der Waals surface area contributed by atoms with Crippen molar-refractivity contribution in [1.82, 2.24) is 10.3 Å². The molecule has 0 saturated heterocycles. The first-order valence-corrected chi connectivity index (χ1v) is 13.1. The van der Waals surface area contributed by atoms with E-state index >= 15 is 0 Å². The number of ether oxygens (including phenoxy) is 2. The van der Waals surface area contributed by atoms with Crippen LogP contribution in [0.1, 0.15) is 64.4 Å². The monoisotopic (exact) mass is 530 g/mol. The summed E-state index contributed by atoms with van der Waals surface area (Å²) >= 11 is 0. The number of carbonyl (C=O) groups is 3. The molecule has 1 aliphatic rings. The fourth-order valence-corrected chi connectivity index (χ4v) is 4.92. The fourth-order valence-electron chi connectivity index (χ4n) is 4.92. The summed E-state index contributed by atoms with van der Waals surface area (Å²) in [7, 11) is 1.49. The Balaban J connectivity index is 1.58. The number of esters is 1. The molecule has 0 aliphatic heterocycles. The fraction of sp³-hybridized carbons (Fsp3) is 0.355. The van der Waals surface area contributed by atoms with E-state index in [0.29, 0.717) is 45.4 Å². The topological polar surface area (TPSA) is 115 Å². The van der Waals surface area contributed by atoms with Gasteiger partial charge in [0.1, 0.15) is 11.5 Å². The van der Waals surface area contributed by atoms with Crippen molar-refractivity contribution in [2.75, 3.05) is 20.3 Å². The van der Waals surface area contributed by atoms with Gasteiger partial charge in [-0.3, -0.25) is 9.59 Å². The molecule has 0 unspecified atom stereocenters. The molecule has 39 heavy (non-hydrogen) atoms. The molecule has 8 heteroatoms. The highest BCUT2D eigenvalue weighted by Crippen LogP contribution is 2.47. The van der Waals surface area contributed by atoms with Crippen molar-refractivity contribution in [3.63, 3.8) is 0 Å². The smallest absolute Gasteiger partial charge is 0.343 e. The largest absolute Gasteiger partial charge is 0.481 e. The van der Waals surface area contributed by atoms with E-state index in [9.17, 15) is 14.4 Å². The number of ketones is 1. The molecule has 1 fully saturated rings. The number of aryl methyl sites for hydroxylation is 1. The van der Waals surface area contributed by atoms with Gasteiger partial charge in [-0.2, -0.15) is 0 Å². The van der Waals surface area contributed by atoms with Gasteiger partial charge in [-0.25, -0.2) is 9.78 Å². The van der Waals surface area contributed by atoms with E-state index in [4.69, 9.17) is 14.6 Å². The van der Waals surface area contributed by atoms with Gasteiger partial charge in [-0.05, 0) is 73.4 Å². The Morgan fingerprint density at radius 3 is 2.51 bits per heavy atom. The van der Waals surface area contributed by atoms with Gasteiger partial charge in [0.15, 0.2) is 0 Å². The molecule has 0 spiro atoms. The second-order valence-corrected chi connectivity index (χ2v) is 10.0. The number of methoxy groups -OCH3 is 1. The molecule has 1 aromatic heterocycles. The van der Waals surface area contributed by atoms with Crippen LogP contribution in [0.4, 0.5) is 0 Å². The van der Waals surface area contributed by atoms with Crippen molar-refractivity contribution in [1.29, 1.82) is 0 Å². The normalized spacial score (nSPS) is 14.3. The zero-order valence-corrected chi connectivity index (χ0v) is 22.7. The van der Waals surface area contributed by atoms with E-state index in [1.807, 2.05) is 31.2 Å². The highest BCUT2D eigenvalue weighted by Gasteiger charge is 2.37. The molecule has 0 radical (unpaired) electrons. The molecule has 1 saturated carbocycles. The minimum absolute atomic E-state index is 0.0966. The summed E-state index contributed by atoms with van der Waals surface area (Å²) in [5.74, 6) is 0.560. The zero-order valence-electron chi connectivity index (χ0n) is 22.7. The summed E-state index contributed by atoms with van der Waals surface area (Å²) in [5.41, 5.74) is 3.68. The van der Waals surface area contributed by atoms with Crippen LogP contribution in [0.5, 0.6) is 11.6 Å². The van der Waals surface area contributed by atoms with Crippen LogP contribution in [0.15, 0.2) is 54.7 Å². The number of hydrogen-bond acceptors (Lipinski definition) is 7. The first-order chi connectivity index (χ1) is 18.7. The average molecular weight is 531 g/mol. The highest BCUT2D eigenvalue weighted by molar-refractivity contribution is 6.01. The SMILES string of the molecule is COc1cc(-c2ccc(C(=O)Oc3cccc([C@H](C4CC4)[C@H](C)C(C)=O)c3)c(C)c2)c(C(=O)NCCO)cn1. The molecule has 1 amide bonds. The summed E-state index contributed by atoms with van der Waals surface area (Å²) in [6, 6.07) is 14.3. The summed E-state index contributed by atoms with van der Waals surface area (Å²) in [5, 5.41) is 11.7. The van der Waals surface area contributed by atoms with Crippen LogP contribution < -0.4 is 14.8 Å². The maximum absolute atomic E-state index is 13.2. The molecule has 3 aromatic rings.